The number of aromatic nitrogens is 1. The molecule has 0 saturated carbocycles. The van der Waals surface area contributed by atoms with Crippen molar-refractivity contribution in [2.75, 3.05) is 18.4 Å². The van der Waals surface area contributed by atoms with E-state index in [0.717, 1.165) is 21.8 Å². The largest absolute Gasteiger partial charge is 0.357 e. The van der Waals surface area contributed by atoms with E-state index in [-0.39, 0.29) is 4.88 Å². The minimum Gasteiger partial charge on any atom is -0.357 e. The van der Waals surface area contributed by atoms with Gasteiger partial charge in [-0.15, -0.1) is 0 Å². The van der Waals surface area contributed by atoms with Crippen LogP contribution in [0.4, 0.5) is 13.9 Å². The van der Waals surface area contributed by atoms with E-state index < -0.39 is 43.3 Å². The lowest BCUT2D eigenvalue weighted by Gasteiger charge is -2.19. The van der Waals surface area contributed by atoms with Gasteiger partial charge in [0.15, 0.2) is 5.13 Å². The van der Waals surface area contributed by atoms with E-state index in [1.165, 1.54) is 6.20 Å². The summed E-state index contributed by atoms with van der Waals surface area (Å²) in [5.74, 6) is -4.37. The lowest BCUT2D eigenvalue weighted by Crippen LogP contribution is -2.42. The van der Waals surface area contributed by atoms with Crippen molar-refractivity contribution in [2.45, 2.75) is 24.9 Å². The Kier molecular flexibility index (Phi) is 6.30. The van der Waals surface area contributed by atoms with Gasteiger partial charge in [0, 0.05) is 18.0 Å². The number of hydrogen-bond acceptors (Lipinski definition) is 6. The number of likely N-dealkylation sites (tertiary alicyclic amines) is 1. The van der Waals surface area contributed by atoms with Crippen LogP contribution in [0.2, 0.25) is 5.02 Å². The fraction of sp³-hybridized carbons (Fsp3) is 0.333. The van der Waals surface area contributed by atoms with Crippen LogP contribution in [0.25, 0.3) is 0 Å². The van der Waals surface area contributed by atoms with E-state index in [0.29, 0.717) is 16.7 Å². The van der Waals surface area contributed by atoms with Gasteiger partial charge in [-0.25, -0.2) is 13.8 Å². The van der Waals surface area contributed by atoms with Crippen molar-refractivity contribution >= 4 is 39.9 Å². The van der Waals surface area contributed by atoms with Crippen LogP contribution in [-0.2, 0) is 11.3 Å². The summed E-state index contributed by atoms with van der Waals surface area (Å²) < 4.78 is 26.8. The van der Waals surface area contributed by atoms with Crippen LogP contribution in [0.3, 0.4) is 0 Å². The van der Waals surface area contributed by atoms with Gasteiger partial charge in [-0.3, -0.25) is 9.59 Å². The molecular formula is C18H16ClF2N5O2S. The Morgan fingerprint density at radius 1 is 1.38 bits per heavy atom. The van der Waals surface area contributed by atoms with Crippen LogP contribution in [-0.4, -0.2) is 46.8 Å². The molecular weight excluding hydrogens is 424 g/mol. The molecule has 29 heavy (non-hydrogen) atoms. The second kappa shape index (κ2) is 8.71. The van der Waals surface area contributed by atoms with Gasteiger partial charge in [0.2, 0.25) is 5.91 Å². The highest BCUT2D eigenvalue weighted by Gasteiger charge is 2.47. The van der Waals surface area contributed by atoms with Crippen molar-refractivity contribution in [2.24, 2.45) is 0 Å². The molecule has 2 amide bonds. The maximum atomic E-state index is 13.4. The van der Waals surface area contributed by atoms with Crippen molar-refractivity contribution < 1.29 is 18.4 Å². The number of anilines is 1. The van der Waals surface area contributed by atoms with Crippen molar-refractivity contribution in [1.29, 1.82) is 5.26 Å². The smallest absolute Gasteiger partial charge is 0.268 e. The first-order valence-corrected chi connectivity index (χ1v) is 9.76. The highest BCUT2D eigenvalue weighted by Crippen LogP contribution is 2.31. The van der Waals surface area contributed by atoms with Crippen molar-refractivity contribution in [3.05, 3.63) is 45.9 Å². The molecule has 2 aromatic rings. The van der Waals surface area contributed by atoms with E-state index >= 15 is 0 Å². The standard InChI is InChI=1S/C18H16ClF2N5O2S/c19-12-3-1-11(2-4-12)7-24-17-25-8-14(29-17)16(28)23-9-15(27)26-10-18(20,21)5-13(26)6-22/h1-4,8,13H,5,7,9-10H2,(H,23,28)(H,24,25)/t13-/m0/s1. The van der Waals surface area contributed by atoms with Crippen molar-refractivity contribution in [3.63, 3.8) is 0 Å². The van der Waals surface area contributed by atoms with Crippen molar-refractivity contribution in [3.8, 4) is 6.07 Å². The lowest BCUT2D eigenvalue weighted by molar-refractivity contribution is -0.131. The Labute approximate surface area is 174 Å². The summed E-state index contributed by atoms with van der Waals surface area (Å²) in [6, 6.07) is 7.75. The number of alkyl halides is 2. The zero-order chi connectivity index (χ0) is 21.0. The van der Waals surface area contributed by atoms with E-state index in [9.17, 15) is 18.4 Å². The van der Waals surface area contributed by atoms with Gasteiger partial charge in [0.25, 0.3) is 11.8 Å². The van der Waals surface area contributed by atoms with Crippen LogP contribution >= 0.6 is 22.9 Å². The number of benzene rings is 1. The third-order valence-electron chi connectivity index (χ3n) is 4.23. The Morgan fingerprint density at radius 2 is 2.10 bits per heavy atom. The number of carbonyl (C=O) groups is 2. The molecule has 152 valence electrons. The predicted molar refractivity (Wildman–Crippen MR) is 104 cm³/mol. The number of rotatable bonds is 6. The van der Waals surface area contributed by atoms with E-state index in [1.54, 1.807) is 18.2 Å². The summed E-state index contributed by atoms with van der Waals surface area (Å²) in [4.78, 5) is 29.5. The molecule has 0 unspecified atom stereocenters. The first-order valence-electron chi connectivity index (χ1n) is 8.57. The monoisotopic (exact) mass is 439 g/mol. The molecule has 7 nitrogen and oxygen atoms in total. The molecule has 1 aliphatic heterocycles. The van der Waals surface area contributed by atoms with Crippen LogP contribution in [0, 0.1) is 11.3 Å². The molecule has 1 aromatic carbocycles. The molecule has 1 atom stereocenters. The maximum Gasteiger partial charge on any atom is 0.268 e. The second-order valence-corrected chi connectivity index (χ2v) is 7.89. The number of halogens is 3. The molecule has 1 fully saturated rings. The van der Waals surface area contributed by atoms with E-state index in [1.807, 2.05) is 12.1 Å². The normalized spacial score (nSPS) is 17.6. The summed E-state index contributed by atoms with van der Waals surface area (Å²) in [5.41, 5.74) is 0.982. The van der Waals surface area contributed by atoms with Crippen LogP contribution in [0.1, 0.15) is 21.7 Å². The summed E-state index contributed by atoms with van der Waals surface area (Å²) in [5, 5.41) is 15.5. The minimum absolute atomic E-state index is 0.264. The van der Waals surface area contributed by atoms with Gasteiger partial charge in [0.05, 0.1) is 25.4 Å². The summed E-state index contributed by atoms with van der Waals surface area (Å²) in [6.45, 7) is -0.805. The Hall–Kier alpha value is -2.77. The molecule has 1 saturated heterocycles. The number of nitriles is 1. The number of amides is 2. The molecule has 3 rings (SSSR count). The van der Waals surface area contributed by atoms with Crippen LogP contribution in [0.5, 0.6) is 0 Å². The quantitative estimate of drug-likeness (QED) is 0.721. The first-order chi connectivity index (χ1) is 13.8. The lowest BCUT2D eigenvalue weighted by atomic mass is 10.2. The average molecular weight is 440 g/mol. The molecule has 1 aromatic heterocycles. The number of nitrogens with zero attached hydrogens (tertiary/aromatic N) is 3. The van der Waals surface area contributed by atoms with Crippen molar-refractivity contribution in [1.82, 2.24) is 15.2 Å². The Morgan fingerprint density at radius 3 is 2.79 bits per heavy atom. The number of hydrogen-bond donors (Lipinski definition) is 2. The molecule has 0 spiro atoms. The maximum absolute atomic E-state index is 13.4. The van der Waals surface area contributed by atoms with E-state index in [4.69, 9.17) is 16.9 Å². The molecule has 11 heteroatoms. The average Bonchev–Trinajstić information content (AvgIpc) is 3.29. The Balaban J connectivity index is 1.50. The third-order valence-corrected chi connectivity index (χ3v) is 5.43. The molecule has 0 bridgehead atoms. The van der Waals surface area contributed by atoms with Gasteiger partial charge in [-0.05, 0) is 17.7 Å². The van der Waals surface area contributed by atoms with Crippen LogP contribution in [0.15, 0.2) is 30.5 Å². The molecule has 0 aliphatic carbocycles. The first kappa shape index (κ1) is 21.0. The van der Waals surface area contributed by atoms with Gasteiger partial charge in [-0.2, -0.15) is 5.26 Å². The van der Waals surface area contributed by atoms with Gasteiger partial charge in [-0.1, -0.05) is 35.1 Å². The zero-order valence-corrected chi connectivity index (χ0v) is 16.6. The zero-order valence-electron chi connectivity index (χ0n) is 15.0. The third kappa shape index (κ3) is 5.40. The topological polar surface area (TPSA) is 98.1 Å². The molecule has 1 aliphatic rings. The number of thiazole rings is 1. The van der Waals surface area contributed by atoms with Gasteiger partial charge < -0.3 is 15.5 Å². The molecule has 2 heterocycles. The predicted octanol–water partition coefficient (Wildman–Crippen LogP) is 2.90. The Bertz CT molecular complexity index is 944. The summed E-state index contributed by atoms with van der Waals surface area (Å²) >= 11 is 6.93. The summed E-state index contributed by atoms with van der Waals surface area (Å²) in [7, 11) is 0. The van der Waals surface area contributed by atoms with E-state index in [2.05, 4.69) is 15.6 Å². The second-order valence-electron chi connectivity index (χ2n) is 6.42. The van der Waals surface area contributed by atoms with Gasteiger partial charge >= 0.3 is 0 Å². The molecule has 2 N–H and O–H groups in total. The van der Waals surface area contributed by atoms with Crippen LogP contribution < -0.4 is 10.6 Å². The molecule has 0 radical (unpaired) electrons. The highest BCUT2D eigenvalue weighted by molar-refractivity contribution is 7.17. The number of carbonyl (C=O) groups excluding carboxylic acids is 2. The number of nitrogens with one attached hydrogen (secondary N) is 2. The highest BCUT2D eigenvalue weighted by atomic mass is 35.5. The fourth-order valence-electron chi connectivity index (χ4n) is 2.78. The fourth-order valence-corrected chi connectivity index (χ4v) is 3.63. The summed E-state index contributed by atoms with van der Waals surface area (Å²) in [6.07, 6.45) is 0.664. The minimum atomic E-state index is -3.09. The SMILES string of the molecule is N#C[C@@H]1CC(F)(F)CN1C(=O)CNC(=O)c1cnc(NCc2ccc(Cl)cc2)s1. The van der Waals surface area contributed by atoms with Gasteiger partial charge in [0.1, 0.15) is 10.9 Å².